The van der Waals surface area contributed by atoms with Gasteiger partial charge in [0.05, 0.1) is 0 Å². The normalized spacial score (nSPS) is 12.4. The van der Waals surface area contributed by atoms with Crippen molar-refractivity contribution in [3.63, 3.8) is 0 Å². The van der Waals surface area contributed by atoms with Crippen molar-refractivity contribution >= 4 is 17.9 Å². The van der Waals surface area contributed by atoms with Gasteiger partial charge >= 0.3 is 17.9 Å². The molecular weight excluding hydrogens is 685 g/mol. The zero-order valence-electron chi connectivity index (χ0n) is 37.4. The second-order valence-electron chi connectivity index (χ2n) is 17.0. The van der Waals surface area contributed by atoms with E-state index >= 15 is 0 Å². The molecule has 6 heteroatoms. The molecule has 0 heterocycles. The largest absolute Gasteiger partial charge is 0.462 e. The van der Waals surface area contributed by atoms with Crippen LogP contribution >= 0.6 is 0 Å². The van der Waals surface area contributed by atoms with Crippen molar-refractivity contribution < 1.29 is 28.6 Å². The minimum absolute atomic E-state index is 0.0644. The highest BCUT2D eigenvalue weighted by Gasteiger charge is 2.19. The average Bonchev–Trinajstić information content (AvgIpc) is 3.18. The minimum Gasteiger partial charge on any atom is -0.462 e. The van der Waals surface area contributed by atoms with Gasteiger partial charge in [-0.1, -0.05) is 233 Å². The van der Waals surface area contributed by atoms with Crippen LogP contribution in [0.5, 0.6) is 0 Å². The number of hydrogen-bond acceptors (Lipinski definition) is 6. The first-order valence-electron chi connectivity index (χ1n) is 24.4. The number of rotatable bonds is 44. The van der Waals surface area contributed by atoms with Crippen molar-refractivity contribution in [3.8, 4) is 0 Å². The Morgan fingerprint density at radius 2 is 0.636 bits per heavy atom. The highest BCUT2D eigenvalue weighted by atomic mass is 16.6. The van der Waals surface area contributed by atoms with E-state index in [1.165, 1.54) is 161 Å². The second kappa shape index (κ2) is 43.5. The van der Waals surface area contributed by atoms with Gasteiger partial charge in [-0.15, -0.1) is 0 Å². The van der Waals surface area contributed by atoms with Crippen LogP contribution in [-0.4, -0.2) is 37.2 Å². The van der Waals surface area contributed by atoms with E-state index < -0.39 is 6.10 Å². The van der Waals surface area contributed by atoms with Gasteiger partial charge in [0.15, 0.2) is 6.10 Å². The Morgan fingerprint density at radius 1 is 0.364 bits per heavy atom. The zero-order chi connectivity index (χ0) is 40.3. The molecular formula is C49H94O6. The number of carbonyl (C=O) groups is 3. The predicted molar refractivity (Wildman–Crippen MR) is 233 cm³/mol. The van der Waals surface area contributed by atoms with Crippen molar-refractivity contribution in [1.29, 1.82) is 0 Å². The van der Waals surface area contributed by atoms with E-state index in [1.54, 1.807) is 0 Å². The minimum atomic E-state index is -0.757. The van der Waals surface area contributed by atoms with Gasteiger partial charge in [0.25, 0.3) is 0 Å². The van der Waals surface area contributed by atoms with Crippen LogP contribution < -0.4 is 0 Å². The van der Waals surface area contributed by atoms with Gasteiger partial charge in [0.1, 0.15) is 13.2 Å². The number of ether oxygens (including phenoxy) is 3. The van der Waals surface area contributed by atoms with Gasteiger partial charge in [-0.2, -0.15) is 0 Å². The molecule has 0 N–H and O–H groups in total. The van der Waals surface area contributed by atoms with Crippen molar-refractivity contribution in [3.05, 3.63) is 0 Å². The molecule has 1 unspecified atom stereocenters. The maximum Gasteiger partial charge on any atom is 0.306 e. The Bertz CT molecular complexity index is 828. The summed E-state index contributed by atoms with van der Waals surface area (Å²) in [6.45, 7) is 8.97. The van der Waals surface area contributed by atoms with Gasteiger partial charge in [0, 0.05) is 19.3 Å². The van der Waals surface area contributed by atoms with E-state index in [0.29, 0.717) is 19.3 Å². The Hall–Kier alpha value is -1.59. The van der Waals surface area contributed by atoms with Crippen LogP contribution in [0.2, 0.25) is 0 Å². The summed E-state index contributed by atoms with van der Waals surface area (Å²) in [7, 11) is 0. The first kappa shape index (κ1) is 53.4. The van der Waals surface area contributed by atoms with E-state index in [4.69, 9.17) is 14.2 Å². The van der Waals surface area contributed by atoms with E-state index in [0.717, 1.165) is 70.1 Å². The fourth-order valence-electron chi connectivity index (χ4n) is 7.30. The molecule has 0 rings (SSSR count). The number of carbonyl (C=O) groups excluding carboxylic acids is 3. The summed E-state index contributed by atoms with van der Waals surface area (Å²) < 4.78 is 16.6. The second-order valence-corrected chi connectivity index (χ2v) is 17.0. The van der Waals surface area contributed by atoms with Crippen LogP contribution in [0.15, 0.2) is 0 Å². The monoisotopic (exact) mass is 779 g/mol. The lowest BCUT2D eigenvalue weighted by molar-refractivity contribution is -0.167. The van der Waals surface area contributed by atoms with Gasteiger partial charge < -0.3 is 14.2 Å². The topological polar surface area (TPSA) is 78.9 Å². The third kappa shape index (κ3) is 41.9. The van der Waals surface area contributed by atoms with Crippen molar-refractivity contribution in [1.82, 2.24) is 0 Å². The first-order chi connectivity index (χ1) is 26.9. The highest BCUT2D eigenvalue weighted by Crippen LogP contribution is 2.17. The highest BCUT2D eigenvalue weighted by molar-refractivity contribution is 5.71. The van der Waals surface area contributed by atoms with Gasteiger partial charge in [-0.3, -0.25) is 14.4 Å². The zero-order valence-corrected chi connectivity index (χ0v) is 37.4. The maximum atomic E-state index is 12.6. The molecule has 0 saturated carbocycles. The molecule has 6 nitrogen and oxygen atoms in total. The van der Waals surface area contributed by atoms with Crippen LogP contribution in [0.4, 0.5) is 0 Å². The predicted octanol–water partition coefficient (Wildman–Crippen LogP) is 15.5. The number of hydrogen-bond donors (Lipinski definition) is 0. The summed E-state index contributed by atoms with van der Waals surface area (Å²) in [6, 6.07) is 0. The average molecular weight is 779 g/mol. The summed E-state index contributed by atoms with van der Waals surface area (Å²) >= 11 is 0. The molecule has 0 aromatic rings. The molecule has 0 aromatic carbocycles. The molecule has 0 radical (unpaired) electrons. The summed E-state index contributed by atoms with van der Waals surface area (Å²) in [4.78, 5) is 37.5. The fourth-order valence-corrected chi connectivity index (χ4v) is 7.30. The Balaban J connectivity index is 4.01. The Morgan fingerprint density at radius 3 is 0.945 bits per heavy atom. The molecule has 0 bridgehead atoms. The molecule has 0 aliphatic carbocycles. The smallest absolute Gasteiger partial charge is 0.306 e. The number of unbranched alkanes of at least 4 members (excludes halogenated alkanes) is 30. The molecule has 0 aliphatic heterocycles. The van der Waals surface area contributed by atoms with Crippen LogP contribution in [-0.2, 0) is 28.6 Å². The van der Waals surface area contributed by atoms with E-state index in [1.807, 2.05) is 0 Å². The van der Waals surface area contributed by atoms with Crippen molar-refractivity contribution in [2.45, 2.75) is 278 Å². The third-order valence-corrected chi connectivity index (χ3v) is 11.4. The molecule has 0 saturated heterocycles. The summed E-state index contributed by atoms with van der Waals surface area (Å²) in [5.41, 5.74) is 0. The molecule has 0 spiro atoms. The lowest BCUT2D eigenvalue weighted by Crippen LogP contribution is -2.30. The van der Waals surface area contributed by atoms with Crippen LogP contribution in [0.3, 0.4) is 0 Å². The summed E-state index contributed by atoms with van der Waals surface area (Å²) in [5.74, 6) is 0.0436. The van der Waals surface area contributed by atoms with Crippen molar-refractivity contribution in [2.24, 2.45) is 5.92 Å². The molecule has 0 amide bonds. The standard InChI is InChI=1S/C49H94O6/c1-5-8-10-12-13-14-26-30-34-38-42-49(52)55-46(43-53-47(50)40-36-31-11-9-6-2)44-54-48(51)41-37-33-29-27-24-22-20-18-16-15-17-19-21-23-25-28-32-35-39-45(4)7-3/h45-46H,5-44H2,1-4H3/t45?,46-/m1/s1. The molecule has 0 aromatic heterocycles. The SMILES string of the molecule is CCCCCCCCCCCCC(=O)O[C@H](COC(=O)CCCCCCC)COC(=O)CCCCCCCCCCCCCCCCCCCCC(C)CC. The van der Waals surface area contributed by atoms with Crippen LogP contribution in [0, 0.1) is 5.92 Å². The van der Waals surface area contributed by atoms with Gasteiger partial charge in [-0.05, 0) is 25.2 Å². The van der Waals surface area contributed by atoms with Gasteiger partial charge in [0.2, 0.25) is 0 Å². The maximum absolute atomic E-state index is 12.6. The molecule has 326 valence electrons. The molecule has 0 aliphatic rings. The van der Waals surface area contributed by atoms with Crippen molar-refractivity contribution in [2.75, 3.05) is 13.2 Å². The summed E-state index contributed by atoms with van der Waals surface area (Å²) in [5, 5.41) is 0. The Kier molecular flexibility index (Phi) is 42.3. The van der Waals surface area contributed by atoms with Gasteiger partial charge in [-0.25, -0.2) is 0 Å². The van der Waals surface area contributed by atoms with Crippen LogP contribution in [0.25, 0.3) is 0 Å². The third-order valence-electron chi connectivity index (χ3n) is 11.4. The van der Waals surface area contributed by atoms with E-state index in [2.05, 4.69) is 27.7 Å². The summed E-state index contributed by atoms with van der Waals surface area (Å²) in [6.07, 6.45) is 44.1. The lowest BCUT2D eigenvalue weighted by Gasteiger charge is -2.18. The lowest BCUT2D eigenvalue weighted by atomic mass is 9.99. The van der Waals surface area contributed by atoms with E-state index in [-0.39, 0.29) is 31.1 Å². The molecule has 0 fully saturated rings. The molecule has 2 atom stereocenters. The number of esters is 3. The van der Waals surface area contributed by atoms with Crippen LogP contribution in [0.1, 0.15) is 272 Å². The Labute approximate surface area is 342 Å². The van der Waals surface area contributed by atoms with E-state index in [9.17, 15) is 14.4 Å². The fraction of sp³-hybridized carbons (Fsp3) is 0.939. The quantitative estimate of drug-likeness (QED) is 0.0348. The molecule has 55 heavy (non-hydrogen) atoms. The first-order valence-corrected chi connectivity index (χ1v) is 24.4.